The largest absolute Gasteiger partial charge is 0.478 e. The number of rotatable bonds is 5. The molecule has 0 aromatic heterocycles. The maximum absolute atomic E-state index is 12.2. The van der Waals surface area contributed by atoms with E-state index in [1.165, 1.54) is 0 Å². The lowest BCUT2D eigenvalue weighted by atomic mass is 9.90. The second-order valence-corrected chi connectivity index (χ2v) is 5.53. The van der Waals surface area contributed by atoms with Gasteiger partial charge in [-0.3, -0.25) is 4.79 Å². The molecular weight excluding hydrogens is 268 g/mol. The number of hydrogen-bond acceptors (Lipinski definition) is 3. The van der Waals surface area contributed by atoms with E-state index >= 15 is 0 Å². The molecule has 1 aromatic carbocycles. The molecule has 0 spiro atoms. The monoisotopic (exact) mass is 290 g/mol. The summed E-state index contributed by atoms with van der Waals surface area (Å²) in [5.41, 5.74) is 1.04. The molecular formula is C16H22N2O3. The van der Waals surface area contributed by atoms with Gasteiger partial charge in [0.15, 0.2) is 0 Å². The molecule has 21 heavy (non-hydrogen) atoms. The lowest BCUT2D eigenvalue weighted by Gasteiger charge is -2.28. The summed E-state index contributed by atoms with van der Waals surface area (Å²) < 4.78 is 0. The third kappa shape index (κ3) is 4.29. The molecule has 1 fully saturated rings. The molecule has 0 radical (unpaired) electrons. The minimum absolute atomic E-state index is 0.00567. The SMILES string of the molecule is CCC1CCNC(C(=O)NCc2cccc(C(=O)O)c2)C1. The van der Waals surface area contributed by atoms with Crippen molar-refractivity contribution in [1.82, 2.24) is 10.6 Å². The predicted molar refractivity (Wildman–Crippen MR) is 80.1 cm³/mol. The highest BCUT2D eigenvalue weighted by molar-refractivity contribution is 5.87. The number of carboxylic acid groups (broad SMARTS) is 1. The molecule has 2 unspecified atom stereocenters. The minimum Gasteiger partial charge on any atom is -0.478 e. The van der Waals surface area contributed by atoms with Gasteiger partial charge >= 0.3 is 5.97 Å². The van der Waals surface area contributed by atoms with Crippen LogP contribution >= 0.6 is 0 Å². The molecule has 1 aliphatic heterocycles. The van der Waals surface area contributed by atoms with Crippen LogP contribution in [0.25, 0.3) is 0 Å². The van der Waals surface area contributed by atoms with E-state index < -0.39 is 5.97 Å². The van der Waals surface area contributed by atoms with Gasteiger partial charge in [0.2, 0.25) is 5.91 Å². The number of carbonyl (C=O) groups excluding carboxylic acids is 1. The summed E-state index contributed by atoms with van der Waals surface area (Å²) in [5, 5.41) is 15.1. The first-order valence-corrected chi connectivity index (χ1v) is 7.43. The number of piperidine rings is 1. The average Bonchev–Trinajstić information content (AvgIpc) is 2.53. The van der Waals surface area contributed by atoms with Gasteiger partial charge in [-0.25, -0.2) is 4.79 Å². The maximum atomic E-state index is 12.2. The van der Waals surface area contributed by atoms with Crippen LogP contribution < -0.4 is 10.6 Å². The molecule has 5 heteroatoms. The average molecular weight is 290 g/mol. The lowest BCUT2D eigenvalue weighted by Crippen LogP contribution is -2.48. The van der Waals surface area contributed by atoms with Gasteiger partial charge < -0.3 is 15.7 Å². The molecule has 114 valence electrons. The Morgan fingerprint density at radius 1 is 1.43 bits per heavy atom. The van der Waals surface area contributed by atoms with Gasteiger partial charge in [-0.15, -0.1) is 0 Å². The number of aromatic carboxylic acids is 1. The molecule has 1 aromatic rings. The van der Waals surface area contributed by atoms with E-state index in [2.05, 4.69) is 17.6 Å². The highest BCUT2D eigenvalue weighted by Crippen LogP contribution is 2.19. The molecule has 2 rings (SSSR count). The number of benzene rings is 1. The Morgan fingerprint density at radius 2 is 2.24 bits per heavy atom. The van der Waals surface area contributed by atoms with E-state index in [1.807, 2.05) is 6.07 Å². The van der Waals surface area contributed by atoms with Crippen LogP contribution in [0.5, 0.6) is 0 Å². The molecule has 5 nitrogen and oxygen atoms in total. The van der Waals surface area contributed by atoms with Gasteiger partial charge in [0.1, 0.15) is 0 Å². The number of nitrogens with one attached hydrogen (secondary N) is 2. The third-order valence-corrected chi connectivity index (χ3v) is 4.05. The van der Waals surface area contributed by atoms with E-state index in [0.717, 1.165) is 31.4 Å². The van der Waals surface area contributed by atoms with Gasteiger partial charge in [0, 0.05) is 6.54 Å². The number of hydrogen-bond donors (Lipinski definition) is 3. The summed E-state index contributed by atoms with van der Waals surface area (Å²) in [6.07, 6.45) is 3.10. The van der Waals surface area contributed by atoms with Crippen LogP contribution in [0.2, 0.25) is 0 Å². The fourth-order valence-electron chi connectivity index (χ4n) is 2.69. The van der Waals surface area contributed by atoms with Crippen LogP contribution in [-0.2, 0) is 11.3 Å². The molecule has 0 saturated carbocycles. The summed E-state index contributed by atoms with van der Waals surface area (Å²) in [5.74, 6) is -0.353. The molecule has 0 bridgehead atoms. The molecule has 3 N–H and O–H groups in total. The van der Waals surface area contributed by atoms with Crippen molar-refractivity contribution in [3.63, 3.8) is 0 Å². The summed E-state index contributed by atoms with van der Waals surface area (Å²) >= 11 is 0. The Balaban J connectivity index is 1.89. The fraction of sp³-hybridized carbons (Fsp3) is 0.500. The van der Waals surface area contributed by atoms with Gasteiger partial charge in [-0.1, -0.05) is 25.5 Å². The molecule has 2 atom stereocenters. The second kappa shape index (κ2) is 7.22. The number of carbonyl (C=O) groups is 2. The van der Waals surface area contributed by atoms with Crippen LogP contribution in [0.1, 0.15) is 42.1 Å². The summed E-state index contributed by atoms with van der Waals surface area (Å²) in [7, 11) is 0. The van der Waals surface area contributed by atoms with Crippen molar-refractivity contribution in [2.75, 3.05) is 6.54 Å². The van der Waals surface area contributed by atoms with Gasteiger partial charge in [-0.05, 0) is 43.0 Å². The quantitative estimate of drug-likeness (QED) is 0.772. The van der Waals surface area contributed by atoms with Crippen molar-refractivity contribution in [2.24, 2.45) is 5.92 Å². The zero-order valence-electron chi connectivity index (χ0n) is 12.3. The van der Waals surface area contributed by atoms with E-state index in [9.17, 15) is 9.59 Å². The molecule has 1 aliphatic rings. The summed E-state index contributed by atoms with van der Waals surface area (Å²) in [6.45, 7) is 3.39. The van der Waals surface area contributed by atoms with Crippen LogP contribution in [0.3, 0.4) is 0 Å². The lowest BCUT2D eigenvalue weighted by molar-refractivity contribution is -0.124. The van der Waals surface area contributed by atoms with Gasteiger partial charge in [-0.2, -0.15) is 0 Å². The smallest absolute Gasteiger partial charge is 0.335 e. The number of carboxylic acids is 1. The molecule has 1 saturated heterocycles. The second-order valence-electron chi connectivity index (χ2n) is 5.53. The minimum atomic E-state index is -0.956. The third-order valence-electron chi connectivity index (χ3n) is 4.05. The van der Waals surface area contributed by atoms with E-state index in [0.29, 0.717) is 12.5 Å². The first-order valence-electron chi connectivity index (χ1n) is 7.43. The highest BCUT2D eigenvalue weighted by Gasteiger charge is 2.25. The van der Waals surface area contributed by atoms with Crippen molar-refractivity contribution in [1.29, 1.82) is 0 Å². The van der Waals surface area contributed by atoms with E-state index in [1.54, 1.807) is 18.2 Å². The molecule has 1 heterocycles. The Kier molecular flexibility index (Phi) is 5.33. The van der Waals surface area contributed by atoms with Gasteiger partial charge in [0.05, 0.1) is 11.6 Å². The Morgan fingerprint density at radius 3 is 2.95 bits per heavy atom. The van der Waals surface area contributed by atoms with Crippen molar-refractivity contribution in [3.8, 4) is 0 Å². The first kappa shape index (κ1) is 15.5. The Bertz CT molecular complexity index is 516. The van der Waals surface area contributed by atoms with Crippen molar-refractivity contribution >= 4 is 11.9 Å². The zero-order valence-corrected chi connectivity index (χ0v) is 12.3. The molecule has 0 aliphatic carbocycles. The Hall–Kier alpha value is -1.88. The van der Waals surface area contributed by atoms with Crippen molar-refractivity contribution < 1.29 is 14.7 Å². The number of amides is 1. The topological polar surface area (TPSA) is 78.4 Å². The molecule has 1 amide bonds. The fourth-order valence-corrected chi connectivity index (χ4v) is 2.69. The van der Waals surface area contributed by atoms with E-state index in [4.69, 9.17) is 5.11 Å². The van der Waals surface area contributed by atoms with Crippen LogP contribution in [0, 0.1) is 5.92 Å². The zero-order chi connectivity index (χ0) is 15.2. The normalized spacial score (nSPS) is 21.8. The van der Waals surface area contributed by atoms with Crippen molar-refractivity contribution in [2.45, 2.75) is 38.8 Å². The predicted octanol–water partition coefficient (Wildman–Crippen LogP) is 1.78. The maximum Gasteiger partial charge on any atom is 0.335 e. The summed E-state index contributed by atoms with van der Waals surface area (Å²) in [4.78, 5) is 23.1. The van der Waals surface area contributed by atoms with Crippen LogP contribution in [-0.4, -0.2) is 29.6 Å². The Labute approximate surface area is 124 Å². The first-order chi connectivity index (χ1) is 10.1. The standard InChI is InChI=1S/C16H22N2O3/c1-2-11-6-7-17-14(9-11)15(19)18-10-12-4-3-5-13(8-12)16(20)21/h3-5,8,11,14,17H,2,6-7,9-10H2,1H3,(H,18,19)(H,20,21). The summed E-state index contributed by atoms with van der Waals surface area (Å²) in [6, 6.07) is 6.51. The van der Waals surface area contributed by atoms with Gasteiger partial charge in [0.25, 0.3) is 0 Å². The van der Waals surface area contributed by atoms with Crippen molar-refractivity contribution in [3.05, 3.63) is 35.4 Å². The van der Waals surface area contributed by atoms with E-state index in [-0.39, 0.29) is 17.5 Å². The van der Waals surface area contributed by atoms with Crippen LogP contribution in [0.15, 0.2) is 24.3 Å². The highest BCUT2D eigenvalue weighted by atomic mass is 16.4. The van der Waals surface area contributed by atoms with Crippen LogP contribution in [0.4, 0.5) is 0 Å².